The van der Waals surface area contributed by atoms with Crippen molar-refractivity contribution in [1.82, 2.24) is 4.90 Å². The van der Waals surface area contributed by atoms with E-state index in [0.717, 1.165) is 38.1 Å². The summed E-state index contributed by atoms with van der Waals surface area (Å²) in [5, 5.41) is 0. The van der Waals surface area contributed by atoms with Gasteiger partial charge in [-0.1, -0.05) is 42.5 Å². The molecule has 1 fully saturated rings. The SMILES string of the molecule is Cc1ccccc1CCC(=O)N1CCCC(COc2ccccc2)C1. The molecule has 1 atom stereocenters. The van der Waals surface area contributed by atoms with Crippen LogP contribution in [0.15, 0.2) is 54.6 Å². The maximum absolute atomic E-state index is 12.6. The Kier molecular flexibility index (Phi) is 6.10. The van der Waals surface area contributed by atoms with Crippen molar-refractivity contribution in [2.24, 2.45) is 5.92 Å². The summed E-state index contributed by atoms with van der Waals surface area (Å²) < 4.78 is 5.88. The van der Waals surface area contributed by atoms with Gasteiger partial charge in [0.05, 0.1) is 6.61 Å². The molecule has 1 aliphatic rings. The number of para-hydroxylation sites is 1. The number of ether oxygens (including phenoxy) is 1. The lowest BCUT2D eigenvalue weighted by molar-refractivity contribution is -0.133. The predicted octanol–water partition coefficient (Wildman–Crippen LogP) is 4.25. The minimum absolute atomic E-state index is 0.271. The van der Waals surface area contributed by atoms with Gasteiger partial charge in [0.15, 0.2) is 0 Å². The van der Waals surface area contributed by atoms with E-state index < -0.39 is 0 Å². The number of nitrogens with zero attached hydrogens (tertiary/aromatic N) is 1. The first-order valence-electron chi connectivity index (χ1n) is 9.22. The Bertz CT molecular complexity index is 683. The number of benzene rings is 2. The van der Waals surface area contributed by atoms with E-state index in [4.69, 9.17) is 4.74 Å². The zero-order chi connectivity index (χ0) is 17.5. The number of likely N-dealkylation sites (tertiary alicyclic amines) is 1. The highest BCUT2D eigenvalue weighted by Gasteiger charge is 2.24. The highest BCUT2D eigenvalue weighted by atomic mass is 16.5. The van der Waals surface area contributed by atoms with Crippen molar-refractivity contribution >= 4 is 5.91 Å². The molecule has 2 aromatic carbocycles. The smallest absolute Gasteiger partial charge is 0.222 e. The lowest BCUT2D eigenvalue weighted by atomic mass is 9.98. The molecular weight excluding hydrogens is 310 g/mol. The van der Waals surface area contributed by atoms with Gasteiger partial charge in [0.25, 0.3) is 0 Å². The third-order valence-corrected chi connectivity index (χ3v) is 4.97. The summed E-state index contributed by atoms with van der Waals surface area (Å²) in [6.07, 6.45) is 3.62. The first-order chi connectivity index (χ1) is 12.2. The van der Waals surface area contributed by atoms with Crippen molar-refractivity contribution in [3.05, 3.63) is 65.7 Å². The fourth-order valence-electron chi connectivity index (χ4n) is 3.45. The molecule has 0 radical (unpaired) electrons. The van der Waals surface area contributed by atoms with Crippen LogP contribution in [0.3, 0.4) is 0 Å². The van der Waals surface area contributed by atoms with E-state index in [1.54, 1.807) is 0 Å². The molecule has 1 aliphatic heterocycles. The van der Waals surface area contributed by atoms with Crippen LogP contribution in [0.1, 0.15) is 30.4 Å². The summed E-state index contributed by atoms with van der Waals surface area (Å²) >= 11 is 0. The molecule has 132 valence electrons. The average Bonchev–Trinajstić information content (AvgIpc) is 2.66. The zero-order valence-corrected chi connectivity index (χ0v) is 15.0. The van der Waals surface area contributed by atoms with Crippen LogP contribution in [0.2, 0.25) is 0 Å². The summed E-state index contributed by atoms with van der Waals surface area (Å²) in [5.41, 5.74) is 2.54. The number of hydrogen-bond donors (Lipinski definition) is 0. The number of piperidine rings is 1. The Morgan fingerprint density at radius 1 is 1.12 bits per heavy atom. The van der Waals surface area contributed by atoms with Gasteiger partial charge in [-0.15, -0.1) is 0 Å². The molecule has 0 N–H and O–H groups in total. The van der Waals surface area contributed by atoms with Gasteiger partial charge < -0.3 is 9.64 Å². The van der Waals surface area contributed by atoms with Crippen LogP contribution >= 0.6 is 0 Å². The van der Waals surface area contributed by atoms with E-state index >= 15 is 0 Å². The maximum atomic E-state index is 12.6. The van der Waals surface area contributed by atoms with E-state index in [9.17, 15) is 4.79 Å². The molecule has 3 rings (SSSR count). The van der Waals surface area contributed by atoms with E-state index in [2.05, 4.69) is 19.1 Å². The predicted molar refractivity (Wildman–Crippen MR) is 101 cm³/mol. The Morgan fingerprint density at radius 3 is 2.68 bits per heavy atom. The number of aryl methyl sites for hydroxylation is 2. The Labute approximate surface area is 150 Å². The Balaban J connectivity index is 1.47. The van der Waals surface area contributed by atoms with Gasteiger partial charge in [0.2, 0.25) is 5.91 Å². The van der Waals surface area contributed by atoms with Crippen molar-refractivity contribution in [1.29, 1.82) is 0 Å². The quantitative estimate of drug-likeness (QED) is 0.789. The van der Waals surface area contributed by atoms with Gasteiger partial charge in [0.1, 0.15) is 5.75 Å². The van der Waals surface area contributed by atoms with Crippen molar-refractivity contribution in [3.8, 4) is 5.75 Å². The van der Waals surface area contributed by atoms with E-state index in [1.165, 1.54) is 11.1 Å². The fraction of sp³-hybridized carbons (Fsp3) is 0.409. The fourth-order valence-corrected chi connectivity index (χ4v) is 3.45. The number of hydrogen-bond acceptors (Lipinski definition) is 2. The second-order valence-electron chi connectivity index (χ2n) is 6.90. The minimum Gasteiger partial charge on any atom is -0.493 e. The first kappa shape index (κ1) is 17.5. The van der Waals surface area contributed by atoms with Gasteiger partial charge >= 0.3 is 0 Å². The van der Waals surface area contributed by atoms with Gasteiger partial charge in [-0.2, -0.15) is 0 Å². The molecule has 0 aliphatic carbocycles. The van der Waals surface area contributed by atoms with Crippen molar-refractivity contribution < 1.29 is 9.53 Å². The van der Waals surface area contributed by atoms with Crippen molar-refractivity contribution in [2.45, 2.75) is 32.6 Å². The van der Waals surface area contributed by atoms with E-state index in [1.807, 2.05) is 47.4 Å². The van der Waals surface area contributed by atoms with Gasteiger partial charge in [0, 0.05) is 25.4 Å². The molecule has 1 unspecified atom stereocenters. The largest absolute Gasteiger partial charge is 0.493 e. The van der Waals surface area contributed by atoms with Crippen LogP contribution < -0.4 is 4.74 Å². The molecule has 0 saturated carbocycles. The van der Waals surface area contributed by atoms with Gasteiger partial charge in [-0.25, -0.2) is 0 Å². The molecule has 1 saturated heterocycles. The van der Waals surface area contributed by atoms with E-state index in [-0.39, 0.29) is 5.91 Å². The minimum atomic E-state index is 0.271. The average molecular weight is 337 g/mol. The van der Waals surface area contributed by atoms with Crippen LogP contribution in [-0.2, 0) is 11.2 Å². The Morgan fingerprint density at radius 2 is 1.88 bits per heavy atom. The highest BCUT2D eigenvalue weighted by Crippen LogP contribution is 2.20. The molecule has 1 amide bonds. The normalized spacial score (nSPS) is 17.3. The zero-order valence-electron chi connectivity index (χ0n) is 15.0. The summed E-state index contributed by atoms with van der Waals surface area (Å²) in [7, 11) is 0. The number of rotatable bonds is 6. The molecule has 25 heavy (non-hydrogen) atoms. The molecule has 3 nitrogen and oxygen atoms in total. The summed E-state index contributed by atoms with van der Waals surface area (Å²) in [6.45, 7) is 4.50. The third kappa shape index (κ3) is 5.09. The summed E-state index contributed by atoms with van der Waals surface area (Å²) in [5.74, 6) is 1.61. The number of carbonyl (C=O) groups is 1. The van der Waals surface area contributed by atoms with Crippen LogP contribution in [0.4, 0.5) is 0 Å². The molecule has 3 heteroatoms. The lowest BCUT2D eigenvalue weighted by Gasteiger charge is -2.32. The van der Waals surface area contributed by atoms with Crippen LogP contribution in [0.25, 0.3) is 0 Å². The Hall–Kier alpha value is -2.29. The van der Waals surface area contributed by atoms with Crippen molar-refractivity contribution in [3.63, 3.8) is 0 Å². The second-order valence-corrected chi connectivity index (χ2v) is 6.90. The molecule has 0 aromatic heterocycles. The maximum Gasteiger partial charge on any atom is 0.222 e. The number of amides is 1. The number of carbonyl (C=O) groups excluding carboxylic acids is 1. The first-order valence-corrected chi connectivity index (χ1v) is 9.22. The summed E-state index contributed by atoms with van der Waals surface area (Å²) in [4.78, 5) is 14.6. The standard InChI is InChI=1S/C22H27NO2/c1-18-8-5-6-10-20(18)13-14-22(24)23-15-7-9-19(16-23)17-25-21-11-3-2-4-12-21/h2-6,8,10-12,19H,7,9,13-17H2,1H3. The van der Waals surface area contributed by atoms with Gasteiger partial charge in [-0.3, -0.25) is 4.79 Å². The monoisotopic (exact) mass is 337 g/mol. The molecule has 0 bridgehead atoms. The van der Waals surface area contributed by atoms with E-state index in [0.29, 0.717) is 18.9 Å². The third-order valence-electron chi connectivity index (χ3n) is 4.97. The van der Waals surface area contributed by atoms with Gasteiger partial charge in [-0.05, 0) is 49.4 Å². The molecule has 0 spiro atoms. The summed E-state index contributed by atoms with van der Waals surface area (Å²) in [6, 6.07) is 18.2. The van der Waals surface area contributed by atoms with Crippen LogP contribution in [0, 0.1) is 12.8 Å². The topological polar surface area (TPSA) is 29.5 Å². The molecule has 2 aromatic rings. The van der Waals surface area contributed by atoms with Crippen LogP contribution in [-0.4, -0.2) is 30.5 Å². The molecule has 1 heterocycles. The van der Waals surface area contributed by atoms with Crippen LogP contribution in [0.5, 0.6) is 5.75 Å². The lowest BCUT2D eigenvalue weighted by Crippen LogP contribution is -2.41. The molecular formula is C22H27NO2. The van der Waals surface area contributed by atoms with Crippen molar-refractivity contribution in [2.75, 3.05) is 19.7 Å². The highest BCUT2D eigenvalue weighted by molar-refractivity contribution is 5.76. The second kappa shape index (κ2) is 8.70.